The first-order valence-electron chi connectivity index (χ1n) is 7.54. The molecule has 0 radical (unpaired) electrons. The van der Waals surface area contributed by atoms with Crippen LogP contribution in [0, 0.1) is 10.1 Å². The Kier molecular flexibility index (Phi) is 5.73. The summed E-state index contributed by atoms with van der Waals surface area (Å²) in [5.41, 5.74) is 5.09. The third-order valence-electron chi connectivity index (χ3n) is 3.57. The molecule has 25 heavy (non-hydrogen) atoms. The zero-order valence-electron chi connectivity index (χ0n) is 13.9. The van der Waals surface area contributed by atoms with Gasteiger partial charge in [0, 0.05) is 17.7 Å². The Morgan fingerprint density at radius 3 is 2.08 bits per heavy atom. The molecule has 0 heterocycles. The van der Waals surface area contributed by atoms with Gasteiger partial charge in [-0.2, -0.15) is 5.10 Å². The molecule has 128 valence electrons. The van der Waals surface area contributed by atoms with Crippen LogP contribution in [0.15, 0.2) is 53.6 Å². The van der Waals surface area contributed by atoms with Crippen molar-refractivity contribution in [3.05, 3.63) is 75.3 Å². The summed E-state index contributed by atoms with van der Waals surface area (Å²) in [7, 11) is 0. The Morgan fingerprint density at radius 1 is 1.00 bits per heavy atom. The monoisotopic (exact) mass is 339 g/mol. The molecule has 0 atom stereocenters. The molecule has 7 heteroatoms. The van der Waals surface area contributed by atoms with Crippen LogP contribution in [0.4, 0.5) is 5.69 Å². The molecule has 0 aliphatic carbocycles. The number of hydrogen-bond acceptors (Lipinski definition) is 5. The van der Waals surface area contributed by atoms with Gasteiger partial charge in [0.1, 0.15) is 0 Å². The molecule has 0 saturated heterocycles. The van der Waals surface area contributed by atoms with Crippen LogP contribution in [0.25, 0.3) is 0 Å². The van der Waals surface area contributed by atoms with Crippen LogP contribution in [-0.4, -0.2) is 22.3 Å². The van der Waals surface area contributed by atoms with Gasteiger partial charge in [0.15, 0.2) is 5.78 Å². The van der Waals surface area contributed by atoms with Crippen molar-refractivity contribution in [2.45, 2.75) is 20.3 Å². The number of non-ortho nitro benzene ring substituents is 1. The lowest BCUT2D eigenvalue weighted by Gasteiger charge is -2.04. The van der Waals surface area contributed by atoms with Crippen LogP contribution in [0.2, 0.25) is 0 Å². The van der Waals surface area contributed by atoms with Crippen LogP contribution >= 0.6 is 0 Å². The highest BCUT2D eigenvalue weighted by molar-refractivity contribution is 6.00. The van der Waals surface area contributed by atoms with E-state index in [1.165, 1.54) is 31.2 Å². The molecule has 0 aromatic heterocycles. The molecule has 0 unspecified atom stereocenters. The first-order valence-corrected chi connectivity index (χ1v) is 7.54. The standard InChI is InChI=1S/C18H17N3O4/c1-12(15-5-7-16(8-6-15)13(2)22)19-20-18(23)11-14-3-9-17(10-4-14)21(24)25/h3-10H,11H2,1-2H3,(H,20,23)/b19-12-. The van der Waals surface area contributed by atoms with E-state index in [1.54, 1.807) is 31.2 Å². The molecule has 0 aliphatic rings. The number of nitrogens with one attached hydrogen (secondary N) is 1. The first-order chi connectivity index (χ1) is 11.9. The molecule has 1 amide bonds. The van der Waals surface area contributed by atoms with Crippen LogP contribution in [0.1, 0.15) is 35.3 Å². The number of ketones is 1. The predicted octanol–water partition coefficient (Wildman–Crippen LogP) is 2.88. The molecule has 1 N–H and O–H groups in total. The van der Waals surface area contributed by atoms with Crippen molar-refractivity contribution in [1.29, 1.82) is 0 Å². The average Bonchev–Trinajstić information content (AvgIpc) is 2.60. The molecular formula is C18H17N3O4. The normalized spacial score (nSPS) is 11.0. The second kappa shape index (κ2) is 7.96. The zero-order valence-corrected chi connectivity index (χ0v) is 13.9. The van der Waals surface area contributed by atoms with Crippen LogP contribution in [-0.2, 0) is 11.2 Å². The molecule has 0 bridgehead atoms. The highest BCUT2D eigenvalue weighted by Crippen LogP contribution is 2.12. The van der Waals surface area contributed by atoms with Gasteiger partial charge in [-0.1, -0.05) is 36.4 Å². The lowest BCUT2D eigenvalue weighted by Crippen LogP contribution is -2.21. The third-order valence-corrected chi connectivity index (χ3v) is 3.57. The van der Waals surface area contributed by atoms with Gasteiger partial charge in [0.05, 0.1) is 17.1 Å². The summed E-state index contributed by atoms with van der Waals surface area (Å²) in [6.07, 6.45) is 0.0675. The number of hydrogen-bond donors (Lipinski definition) is 1. The number of nitro groups is 1. The van der Waals surface area contributed by atoms with E-state index in [1.807, 2.05) is 0 Å². The van der Waals surface area contributed by atoms with Gasteiger partial charge in [-0.05, 0) is 25.0 Å². The van der Waals surface area contributed by atoms with Crippen molar-refractivity contribution < 1.29 is 14.5 Å². The second-order valence-corrected chi connectivity index (χ2v) is 5.47. The van der Waals surface area contributed by atoms with Crippen LogP contribution in [0.5, 0.6) is 0 Å². The Hall–Kier alpha value is -3.35. The molecule has 0 fully saturated rings. The van der Waals surface area contributed by atoms with Crippen LogP contribution < -0.4 is 5.43 Å². The summed E-state index contributed by atoms with van der Waals surface area (Å²) in [4.78, 5) is 33.3. The fourth-order valence-corrected chi connectivity index (χ4v) is 2.12. The number of hydrazone groups is 1. The largest absolute Gasteiger partial charge is 0.295 e. The molecule has 2 aromatic carbocycles. The highest BCUT2D eigenvalue weighted by Gasteiger charge is 2.07. The second-order valence-electron chi connectivity index (χ2n) is 5.47. The van der Waals surface area contributed by atoms with Gasteiger partial charge >= 0.3 is 0 Å². The Labute approximate surface area is 144 Å². The first kappa shape index (κ1) is 18.0. The van der Waals surface area contributed by atoms with Crippen molar-refractivity contribution in [2.24, 2.45) is 5.10 Å². The van der Waals surface area contributed by atoms with Gasteiger partial charge in [-0.25, -0.2) is 5.43 Å². The van der Waals surface area contributed by atoms with Gasteiger partial charge < -0.3 is 0 Å². The zero-order chi connectivity index (χ0) is 18.4. The van der Waals surface area contributed by atoms with Crippen molar-refractivity contribution in [3.63, 3.8) is 0 Å². The van der Waals surface area contributed by atoms with E-state index in [2.05, 4.69) is 10.5 Å². The number of carbonyl (C=O) groups excluding carboxylic acids is 2. The topological polar surface area (TPSA) is 102 Å². The van der Waals surface area contributed by atoms with E-state index in [9.17, 15) is 19.7 Å². The summed E-state index contributed by atoms with van der Waals surface area (Å²) < 4.78 is 0. The molecule has 0 saturated carbocycles. The number of benzene rings is 2. The van der Waals surface area contributed by atoms with Gasteiger partial charge in [0.25, 0.3) is 5.69 Å². The van der Waals surface area contributed by atoms with Crippen molar-refractivity contribution in [2.75, 3.05) is 0 Å². The minimum atomic E-state index is -0.491. The van der Waals surface area contributed by atoms with Gasteiger partial charge in [-0.3, -0.25) is 19.7 Å². The number of amides is 1. The molecular weight excluding hydrogens is 322 g/mol. The minimum absolute atomic E-state index is 0.0162. The predicted molar refractivity (Wildman–Crippen MR) is 93.6 cm³/mol. The minimum Gasteiger partial charge on any atom is -0.295 e. The number of Topliss-reactive ketones (excluding diaryl/α,β-unsaturated/α-hetero) is 1. The molecule has 7 nitrogen and oxygen atoms in total. The van der Waals surface area contributed by atoms with E-state index >= 15 is 0 Å². The smallest absolute Gasteiger partial charge is 0.269 e. The molecule has 2 rings (SSSR count). The lowest BCUT2D eigenvalue weighted by molar-refractivity contribution is -0.384. The van der Waals surface area contributed by atoms with Crippen molar-refractivity contribution >= 4 is 23.1 Å². The van der Waals surface area contributed by atoms with E-state index in [4.69, 9.17) is 0 Å². The maximum atomic E-state index is 11.9. The summed E-state index contributed by atoms with van der Waals surface area (Å²) in [5, 5.41) is 14.6. The number of rotatable bonds is 6. The van der Waals surface area contributed by atoms with Crippen molar-refractivity contribution in [3.8, 4) is 0 Å². The molecule has 0 aliphatic heterocycles. The van der Waals surface area contributed by atoms with E-state index in [-0.39, 0.29) is 23.8 Å². The molecule has 0 spiro atoms. The van der Waals surface area contributed by atoms with Crippen molar-refractivity contribution in [1.82, 2.24) is 5.43 Å². The highest BCUT2D eigenvalue weighted by atomic mass is 16.6. The van der Waals surface area contributed by atoms with Gasteiger partial charge in [-0.15, -0.1) is 0 Å². The summed E-state index contributed by atoms with van der Waals surface area (Å²) in [6.45, 7) is 3.24. The Balaban J connectivity index is 1.96. The van der Waals surface area contributed by atoms with E-state index < -0.39 is 4.92 Å². The number of nitrogens with zero attached hydrogens (tertiary/aromatic N) is 2. The average molecular weight is 339 g/mol. The van der Waals surface area contributed by atoms with Gasteiger partial charge in [0.2, 0.25) is 5.91 Å². The fraction of sp³-hybridized carbons (Fsp3) is 0.167. The number of carbonyl (C=O) groups is 2. The third kappa shape index (κ3) is 5.07. The summed E-state index contributed by atoms with van der Waals surface area (Å²) in [5.74, 6) is -0.342. The van der Waals surface area contributed by atoms with E-state index in [0.29, 0.717) is 16.8 Å². The molecule has 2 aromatic rings. The Morgan fingerprint density at radius 2 is 1.56 bits per heavy atom. The fourth-order valence-electron chi connectivity index (χ4n) is 2.12. The maximum absolute atomic E-state index is 11.9. The maximum Gasteiger partial charge on any atom is 0.269 e. The summed E-state index contributed by atoms with van der Waals surface area (Å²) in [6, 6.07) is 12.7. The number of nitro benzene ring substituents is 1. The quantitative estimate of drug-likeness (QED) is 0.378. The SMILES string of the molecule is CC(=O)c1ccc(/C(C)=N\NC(=O)Cc2ccc([N+](=O)[O-])cc2)cc1. The lowest BCUT2D eigenvalue weighted by atomic mass is 10.1. The van der Waals surface area contributed by atoms with E-state index in [0.717, 1.165) is 5.56 Å². The summed E-state index contributed by atoms with van der Waals surface area (Å²) >= 11 is 0. The van der Waals surface area contributed by atoms with Crippen LogP contribution in [0.3, 0.4) is 0 Å². The Bertz CT molecular complexity index is 824.